The van der Waals surface area contributed by atoms with E-state index in [0.29, 0.717) is 30.0 Å². The first-order chi connectivity index (χ1) is 11.7. The number of rotatable bonds is 9. The summed E-state index contributed by atoms with van der Waals surface area (Å²) in [5.41, 5.74) is 2.31. The van der Waals surface area contributed by atoms with E-state index >= 15 is 0 Å². The SMILES string of the molecule is CCCC(NCc1cc(Cl)cc(OC)c1OCC)c1ccccc1.Cl. The molecule has 0 fully saturated rings. The van der Waals surface area contributed by atoms with E-state index in [4.69, 9.17) is 21.1 Å². The molecule has 1 atom stereocenters. The highest BCUT2D eigenvalue weighted by Gasteiger charge is 2.15. The summed E-state index contributed by atoms with van der Waals surface area (Å²) in [5.74, 6) is 1.44. The first-order valence-corrected chi connectivity index (χ1v) is 8.84. The summed E-state index contributed by atoms with van der Waals surface area (Å²) in [7, 11) is 1.63. The lowest BCUT2D eigenvalue weighted by molar-refractivity contribution is 0.306. The highest BCUT2D eigenvalue weighted by Crippen LogP contribution is 2.35. The number of nitrogens with one attached hydrogen (secondary N) is 1. The molecule has 0 saturated heterocycles. The zero-order valence-electron chi connectivity index (χ0n) is 15.0. The van der Waals surface area contributed by atoms with Crippen molar-refractivity contribution in [2.75, 3.05) is 13.7 Å². The normalized spacial score (nSPS) is 11.5. The Bertz CT molecular complexity index is 635. The Morgan fingerprint density at radius 3 is 2.44 bits per heavy atom. The third kappa shape index (κ3) is 6.10. The second-order valence-electron chi connectivity index (χ2n) is 5.66. The van der Waals surface area contributed by atoms with Crippen molar-refractivity contribution in [1.29, 1.82) is 0 Å². The first-order valence-electron chi connectivity index (χ1n) is 8.47. The molecule has 3 nitrogen and oxygen atoms in total. The molecule has 2 aromatic carbocycles. The van der Waals surface area contributed by atoms with Crippen molar-refractivity contribution >= 4 is 24.0 Å². The van der Waals surface area contributed by atoms with Gasteiger partial charge in [0.05, 0.1) is 13.7 Å². The maximum absolute atomic E-state index is 6.23. The van der Waals surface area contributed by atoms with Gasteiger partial charge in [0, 0.05) is 29.2 Å². The molecule has 0 spiro atoms. The second kappa shape index (κ2) is 11.2. The summed E-state index contributed by atoms with van der Waals surface area (Å²) in [5, 5.41) is 4.29. The van der Waals surface area contributed by atoms with Gasteiger partial charge in [0.25, 0.3) is 0 Å². The number of methoxy groups -OCH3 is 1. The number of benzene rings is 2. The minimum absolute atomic E-state index is 0. The van der Waals surface area contributed by atoms with Crippen molar-refractivity contribution in [2.45, 2.75) is 39.3 Å². The lowest BCUT2D eigenvalue weighted by Gasteiger charge is -2.21. The summed E-state index contributed by atoms with van der Waals surface area (Å²) in [4.78, 5) is 0. The van der Waals surface area contributed by atoms with E-state index in [1.54, 1.807) is 13.2 Å². The van der Waals surface area contributed by atoms with Gasteiger partial charge in [-0.3, -0.25) is 0 Å². The van der Waals surface area contributed by atoms with Crippen molar-refractivity contribution < 1.29 is 9.47 Å². The molecule has 0 aliphatic heterocycles. The smallest absolute Gasteiger partial charge is 0.165 e. The molecule has 0 radical (unpaired) electrons. The summed E-state index contributed by atoms with van der Waals surface area (Å²) >= 11 is 6.23. The largest absolute Gasteiger partial charge is 0.493 e. The van der Waals surface area contributed by atoms with Crippen LogP contribution in [0.1, 0.15) is 43.9 Å². The zero-order chi connectivity index (χ0) is 17.4. The van der Waals surface area contributed by atoms with Crippen molar-refractivity contribution in [2.24, 2.45) is 0 Å². The van der Waals surface area contributed by atoms with E-state index in [1.807, 2.05) is 19.1 Å². The molecule has 2 rings (SSSR count). The van der Waals surface area contributed by atoms with Crippen LogP contribution in [0.15, 0.2) is 42.5 Å². The van der Waals surface area contributed by atoms with Gasteiger partial charge in [-0.15, -0.1) is 12.4 Å². The standard InChI is InChI=1S/C20H26ClNO2.ClH/c1-4-9-18(15-10-7-6-8-11-15)22-14-16-12-17(21)13-19(23-3)20(16)24-5-2;/h6-8,10-13,18,22H,4-5,9,14H2,1-3H3;1H. The minimum Gasteiger partial charge on any atom is -0.493 e. The molecule has 0 aromatic heterocycles. The molecule has 2 aromatic rings. The van der Waals surface area contributed by atoms with Crippen molar-refractivity contribution in [1.82, 2.24) is 5.32 Å². The van der Waals surface area contributed by atoms with E-state index in [9.17, 15) is 0 Å². The fraction of sp³-hybridized carbons (Fsp3) is 0.400. The molecule has 138 valence electrons. The number of ether oxygens (including phenoxy) is 2. The number of hydrogen-bond donors (Lipinski definition) is 1. The molecule has 1 N–H and O–H groups in total. The van der Waals surface area contributed by atoms with Crippen molar-refractivity contribution in [3.05, 3.63) is 58.6 Å². The maximum atomic E-state index is 6.23. The van der Waals surface area contributed by atoms with E-state index in [2.05, 4.69) is 36.5 Å². The van der Waals surface area contributed by atoms with E-state index in [0.717, 1.165) is 24.2 Å². The van der Waals surface area contributed by atoms with Gasteiger partial charge in [-0.25, -0.2) is 0 Å². The van der Waals surface area contributed by atoms with Gasteiger partial charge >= 0.3 is 0 Å². The van der Waals surface area contributed by atoms with Crippen molar-refractivity contribution in [3.8, 4) is 11.5 Å². The molecule has 0 amide bonds. The predicted molar refractivity (Wildman–Crippen MR) is 107 cm³/mol. The van der Waals surface area contributed by atoms with Gasteiger partial charge in [0.2, 0.25) is 0 Å². The Morgan fingerprint density at radius 2 is 1.84 bits per heavy atom. The summed E-state index contributed by atoms with van der Waals surface area (Å²) in [6, 6.07) is 14.6. The lowest BCUT2D eigenvalue weighted by Crippen LogP contribution is -2.21. The van der Waals surface area contributed by atoms with Gasteiger partial charge in [-0.1, -0.05) is 55.3 Å². The lowest BCUT2D eigenvalue weighted by atomic mass is 10.0. The van der Waals surface area contributed by atoms with Gasteiger partial charge in [0.1, 0.15) is 0 Å². The average Bonchev–Trinajstić information content (AvgIpc) is 2.61. The van der Waals surface area contributed by atoms with Crippen LogP contribution >= 0.6 is 24.0 Å². The maximum Gasteiger partial charge on any atom is 0.165 e. The molecule has 25 heavy (non-hydrogen) atoms. The quantitative estimate of drug-likeness (QED) is 0.593. The molecule has 1 unspecified atom stereocenters. The average molecular weight is 384 g/mol. The summed E-state index contributed by atoms with van der Waals surface area (Å²) in [6.45, 7) is 5.43. The van der Waals surface area contributed by atoms with Crippen LogP contribution in [0.25, 0.3) is 0 Å². The second-order valence-corrected chi connectivity index (χ2v) is 6.10. The zero-order valence-corrected chi connectivity index (χ0v) is 16.6. The van der Waals surface area contributed by atoms with Gasteiger partial charge in [-0.2, -0.15) is 0 Å². The fourth-order valence-corrected chi connectivity index (χ4v) is 3.04. The van der Waals surface area contributed by atoms with E-state index in [1.165, 1.54) is 5.56 Å². The van der Waals surface area contributed by atoms with Crippen LogP contribution in [0.2, 0.25) is 5.02 Å². The highest BCUT2D eigenvalue weighted by molar-refractivity contribution is 6.30. The molecular weight excluding hydrogens is 357 g/mol. The van der Waals surface area contributed by atoms with Crippen LogP contribution < -0.4 is 14.8 Å². The number of hydrogen-bond acceptors (Lipinski definition) is 3. The van der Waals surface area contributed by atoms with Gasteiger partial charge < -0.3 is 14.8 Å². The Kier molecular flexibility index (Phi) is 9.73. The Labute approximate surface area is 162 Å². The molecular formula is C20H27Cl2NO2. The topological polar surface area (TPSA) is 30.5 Å². The molecule has 0 bridgehead atoms. The van der Waals surface area contributed by atoms with Crippen LogP contribution in [0.4, 0.5) is 0 Å². The first kappa shape index (κ1) is 21.6. The molecule has 5 heteroatoms. The number of halogens is 2. The van der Waals surface area contributed by atoms with Crippen LogP contribution in [-0.2, 0) is 6.54 Å². The predicted octanol–water partition coefficient (Wildman–Crippen LogP) is 5.80. The third-order valence-corrected chi connectivity index (χ3v) is 4.14. The minimum atomic E-state index is 0. The molecule has 0 heterocycles. The van der Waals surface area contributed by atoms with Crippen LogP contribution in [-0.4, -0.2) is 13.7 Å². The van der Waals surface area contributed by atoms with Crippen LogP contribution in [0.3, 0.4) is 0 Å². The third-order valence-electron chi connectivity index (χ3n) is 3.92. The van der Waals surface area contributed by atoms with Crippen LogP contribution in [0, 0.1) is 0 Å². The Balaban J connectivity index is 0.00000312. The summed E-state index contributed by atoms with van der Waals surface area (Å²) < 4.78 is 11.2. The molecule has 0 aliphatic rings. The van der Waals surface area contributed by atoms with Crippen LogP contribution in [0.5, 0.6) is 11.5 Å². The Hall–Kier alpha value is -1.42. The summed E-state index contributed by atoms with van der Waals surface area (Å²) in [6.07, 6.45) is 2.19. The van der Waals surface area contributed by atoms with Gasteiger partial charge in [-0.05, 0) is 25.0 Å². The molecule has 0 saturated carbocycles. The monoisotopic (exact) mass is 383 g/mol. The highest BCUT2D eigenvalue weighted by atomic mass is 35.5. The molecule has 0 aliphatic carbocycles. The van der Waals surface area contributed by atoms with E-state index < -0.39 is 0 Å². The van der Waals surface area contributed by atoms with E-state index in [-0.39, 0.29) is 12.4 Å². The fourth-order valence-electron chi connectivity index (χ4n) is 2.81. The van der Waals surface area contributed by atoms with Crippen molar-refractivity contribution in [3.63, 3.8) is 0 Å². The van der Waals surface area contributed by atoms with Gasteiger partial charge in [0.15, 0.2) is 11.5 Å². The Morgan fingerprint density at radius 1 is 1.12 bits per heavy atom.